The van der Waals surface area contributed by atoms with Crippen LogP contribution in [0.4, 0.5) is 0 Å². The van der Waals surface area contributed by atoms with Gasteiger partial charge in [-0.15, -0.1) is 0 Å². The van der Waals surface area contributed by atoms with Gasteiger partial charge in [0.05, 0.1) is 6.04 Å². The van der Waals surface area contributed by atoms with E-state index < -0.39 is 0 Å². The van der Waals surface area contributed by atoms with E-state index in [9.17, 15) is 4.79 Å². The van der Waals surface area contributed by atoms with Gasteiger partial charge in [-0.3, -0.25) is 14.7 Å². The van der Waals surface area contributed by atoms with Crippen LogP contribution in [0.2, 0.25) is 0 Å². The summed E-state index contributed by atoms with van der Waals surface area (Å²) in [6, 6.07) is 16.8. The Morgan fingerprint density at radius 3 is 2.58 bits per heavy atom. The number of hydrogen-bond donors (Lipinski definition) is 0. The first-order chi connectivity index (χ1) is 12.5. The van der Waals surface area contributed by atoms with E-state index in [0.717, 1.165) is 22.5 Å². The molecular formula is C21H25BrN2OS. The van der Waals surface area contributed by atoms with Crippen LogP contribution >= 0.6 is 27.7 Å². The molecule has 0 radical (unpaired) electrons. The third-order valence-corrected chi connectivity index (χ3v) is 5.71. The van der Waals surface area contributed by atoms with Crippen LogP contribution in [0.1, 0.15) is 42.0 Å². The summed E-state index contributed by atoms with van der Waals surface area (Å²) < 4.78 is 1.04. The van der Waals surface area contributed by atoms with Gasteiger partial charge < -0.3 is 0 Å². The average molecular weight is 433 g/mol. The summed E-state index contributed by atoms with van der Waals surface area (Å²) in [7, 11) is 1.74. The van der Waals surface area contributed by atoms with E-state index in [0.29, 0.717) is 5.92 Å². The highest BCUT2D eigenvalue weighted by atomic mass is 79.9. The maximum Gasteiger partial charge on any atom is 0.215 e. The fourth-order valence-corrected chi connectivity index (χ4v) is 3.88. The van der Waals surface area contributed by atoms with E-state index in [-0.39, 0.29) is 6.04 Å². The Labute approximate surface area is 169 Å². The van der Waals surface area contributed by atoms with Gasteiger partial charge >= 0.3 is 0 Å². The van der Waals surface area contributed by atoms with E-state index in [1.165, 1.54) is 33.4 Å². The monoisotopic (exact) mass is 432 g/mol. The molecule has 0 heterocycles. The van der Waals surface area contributed by atoms with E-state index >= 15 is 0 Å². The first kappa shape index (κ1) is 20.7. The summed E-state index contributed by atoms with van der Waals surface area (Å²) in [5.41, 5.74) is 3.69. The fourth-order valence-electron chi connectivity index (χ4n) is 2.94. The summed E-state index contributed by atoms with van der Waals surface area (Å²) >= 11 is 5.07. The molecule has 2 unspecified atom stereocenters. The van der Waals surface area contributed by atoms with Crippen LogP contribution in [0.5, 0.6) is 0 Å². The Balaban J connectivity index is 2.42. The van der Waals surface area contributed by atoms with Gasteiger partial charge in [-0.25, -0.2) is 0 Å². The van der Waals surface area contributed by atoms with Gasteiger partial charge in [0, 0.05) is 11.5 Å². The minimum atomic E-state index is -0.0208. The summed E-state index contributed by atoms with van der Waals surface area (Å²) in [5, 5.41) is 0.727. The van der Waals surface area contributed by atoms with Crippen LogP contribution in [-0.2, 0) is 4.79 Å². The molecule has 26 heavy (non-hydrogen) atoms. The van der Waals surface area contributed by atoms with Gasteiger partial charge in [0.2, 0.25) is 6.41 Å². The Morgan fingerprint density at radius 1 is 1.27 bits per heavy atom. The molecule has 0 N–H and O–H groups in total. The smallest absolute Gasteiger partial charge is 0.215 e. The van der Waals surface area contributed by atoms with Crippen molar-refractivity contribution in [2.45, 2.75) is 32.2 Å². The van der Waals surface area contributed by atoms with Gasteiger partial charge in [-0.05, 0) is 54.3 Å². The molecule has 0 aliphatic carbocycles. The molecule has 0 aliphatic rings. The van der Waals surface area contributed by atoms with Crippen molar-refractivity contribution in [3.8, 4) is 0 Å². The second-order valence-electron chi connectivity index (χ2n) is 6.40. The lowest BCUT2D eigenvalue weighted by atomic mass is 9.89. The minimum Gasteiger partial charge on any atom is -0.297 e. The largest absolute Gasteiger partial charge is 0.297 e. The predicted octanol–water partition coefficient (Wildman–Crippen LogP) is 5.80. The van der Waals surface area contributed by atoms with Crippen LogP contribution in [-0.4, -0.2) is 29.8 Å². The van der Waals surface area contributed by atoms with Gasteiger partial charge in [0.15, 0.2) is 5.17 Å². The molecule has 0 bridgehead atoms. The van der Waals surface area contributed by atoms with Crippen LogP contribution in [0, 0.1) is 6.92 Å². The number of halogens is 1. The molecule has 138 valence electrons. The summed E-state index contributed by atoms with van der Waals surface area (Å²) in [6.45, 7) is 4.34. The molecular weight excluding hydrogens is 408 g/mol. The second-order valence-corrected chi connectivity index (χ2v) is 8.09. The number of amides is 1. The number of amidine groups is 1. The van der Waals surface area contributed by atoms with Crippen LogP contribution < -0.4 is 0 Å². The van der Waals surface area contributed by atoms with Crippen LogP contribution in [0.15, 0.2) is 58.0 Å². The van der Waals surface area contributed by atoms with Gasteiger partial charge in [0.1, 0.15) is 0 Å². The third-order valence-electron chi connectivity index (χ3n) is 4.45. The molecule has 0 fully saturated rings. The zero-order valence-corrected chi connectivity index (χ0v) is 18.0. The lowest BCUT2D eigenvalue weighted by molar-refractivity contribution is -0.113. The lowest BCUT2D eigenvalue weighted by Gasteiger charge is -2.23. The van der Waals surface area contributed by atoms with Crippen molar-refractivity contribution >= 4 is 39.3 Å². The molecule has 5 heteroatoms. The highest BCUT2D eigenvalue weighted by Crippen LogP contribution is 2.34. The minimum absolute atomic E-state index is 0.0208. The number of thioether (sulfide) groups is 1. The van der Waals surface area contributed by atoms with E-state index in [1.54, 1.807) is 7.05 Å². The number of hydrogen-bond acceptors (Lipinski definition) is 3. The zero-order chi connectivity index (χ0) is 19.1. The molecule has 0 aromatic heterocycles. The number of nitrogens with zero attached hydrogens (tertiary/aromatic N) is 2. The molecule has 3 nitrogen and oxygen atoms in total. The average Bonchev–Trinajstić information content (AvgIpc) is 2.67. The molecule has 2 aromatic rings. The predicted molar refractivity (Wildman–Crippen MR) is 116 cm³/mol. The molecule has 0 aliphatic heterocycles. The Hall–Kier alpha value is -1.59. The molecule has 0 spiro atoms. The second kappa shape index (κ2) is 9.93. The number of aliphatic imine (C=N–C) groups is 1. The molecule has 2 atom stereocenters. The van der Waals surface area contributed by atoms with E-state index in [2.05, 4.69) is 66.2 Å². The van der Waals surface area contributed by atoms with Crippen molar-refractivity contribution in [3.05, 3.63) is 69.7 Å². The Bertz CT molecular complexity index is 764. The molecule has 0 saturated heterocycles. The summed E-state index contributed by atoms with van der Waals surface area (Å²) in [4.78, 5) is 17.7. The zero-order valence-electron chi connectivity index (χ0n) is 15.6. The maximum atomic E-state index is 11.2. The van der Waals surface area contributed by atoms with Gasteiger partial charge in [-0.1, -0.05) is 71.0 Å². The van der Waals surface area contributed by atoms with Crippen molar-refractivity contribution in [2.75, 3.05) is 13.3 Å². The van der Waals surface area contributed by atoms with E-state index in [1.807, 2.05) is 18.4 Å². The normalized spacial score (nSPS) is 14.0. The van der Waals surface area contributed by atoms with Crippen LogP contribution in [0.3, 0.4) is 0 Å². The van der Waals surface area contributed by atoms with Crippen LogP contribution in [0.25, 0.3) is 0 Å². The first-order valence-electron chi connectivity index (χ1n) is 8.57. The van der Waals surface area contributed by atoms with Crippen molar-refractivity contribution in [1.29, 1.82) is 0 Å². The summed E-state index contributed by atoms with van der Waals surface area (Å²) in [5.74, 6) is 0.355. The fraction of sp³-hybridized carbons (Fsp3) is 0.333. The number of rotatable bonds is 6. The van der Waals surface area contributed by atoms with Crippen molar-refractivity contribution in [1.82, 2.24) is 4.90 Å². The standard InChI is InChI=1S/C21H25BrN2OS/c1-15-10-11-18(22)13-19(15)20(23-21(26-4)24(3)14-25)12-16(2)17-8-6-5-7-9-17/h5-11,13-14,16,20H,12H2,1-4H3/b23-21+. The molecule has 2 aromatic carbocycles. The maximum absolute atomic E-state index is 11.2. The first-order valence-corrected chi connectivity index (χ1v) is 10.6. The third kappa shape index (κ3) is 5.45. The highest BCUT2D eigenvalue weighted by Gasteiger charge is 2.20. The highest BCUT2D eigenvalue weighted by molar-refractivity contribution is 9.10. The molecule has 2 rings (SSSR count). The number of carbonyl (C=O) groups excluding carboxylic acids is 1. The van der Waals surface area contributed by atoms with Crippen molar-refractivity contribution in [3.63, 3.8) is 0 Å². The topological polar surface area (TPSA) is 32.7 Å². The number of benzene rings is 2. The quantitative estimate of drug-likeness (QED) is 0.328. The van der Waals surface area contributed by atoms with Gasteiger partial charge in [-0.2, -0.15) is 0 Å². The van der Waals surface area contributed by atoms with Crippen molar-refractivity contribution in [2.24, 2.45) is 4.99 Å². The molecule has 0 saturated carbocycles. The number of carbonyl (C=O) groups is 1. The number of aryl methyl sites for hydroxylation is 1. The van der Waals surface area contributed by atoms with E-state index in [4.69, 9.17) is 4.99 Å². The lowest BCUT2D eigenvalue weighted by Crippen LogP contribution is -2.23. The summed E-state index contributed by atoms with van der Waals surface area (Å²) in [6.07, 6.45) is 3.63. The Morgan fingerprint density at radius 2 is 1.96 bits per heavy atom. The van der Waals surface area contributed by atoms with Gasteiger partial charge in [0.25, 0.3) is 0 Å². The Kier molecular flexibility index (Phi) is 7.91. The van der Waals surface area contributed by atoms with Crippen molar-refractivity contribution < 1.29 is 4.79 Å². The SMILES string of the molecule is CS/C(=N/C(CC(C)c1ccccc1)c1cc(Br)ccc1C)N(C)C=O. The molecule has 1 amide bonds.